The van der Waals surface area contributed by atoms with E-state index in [9.17, 15) is 0 Å². The van der Waals surface area contributed by atoms with Crippen LogP contribution in [0.25, 0.3) is 0 Å². The summed E-state index contributed by atoms with van der Waals surface area (Å²) in [5, 5.41) is 11.3. The number of nitrogens with one attached hydrogen (secondary N) is 1. The Bertz CT molecular complexity index is 451. The van der Waals surface area contributed by atoms with Gasteiger partial charge in [0, 0.05) is 12.4 Å². The molecule has 0 saturated heterocycles. The Balaban J connectivity index is 1.64. The van der Waals surface area contributed by atoms with E-state index in [2.05, 4.69) is 33.1 Å². The van der Waals surface area contributed by atoms with E-state index in [4.69, 9.17) is 0 Å². The highest BCUT2D eigenvalue weighted by Gasteiger charge is 2.32. The lowest BCUT2D eigenvalue weighted by atomic mass is 9.77. The molecule has 4 nitrogen and oxygen atoms in total. The fraction of sp³-hybridized carbons (Fsp3) is 0.500. The molecule has 0 unspecified atom stereocenters. The minimum Gasteiger partial charge on any atom is -0.285 e. The van der Waals surface area contributed by atoms with Crippen LogP contribution in [0.5, 0.6) is 0 Å². The van der Waals surface area contributed by atoms with Crippen molar-refractivity contribution in [2.75, 3.05) is 0 Å². The monoisotopic (exact) mass is 216 g/mol. The highest BCUT2D eigenvalue weighted by molar-refractivity contribution is 5.16. The third-order valence-corrected chi connectivity index (χ3v) is 3.54. The fourth-order valence-electron chi connectivity index (χ4n) is 2.32. The summed E-state index contributed by atoms with van der Waals surface area (Å²) in [6.07, 6.45) is 11.5. The third-order valence-electron chi connectivity index (χ3n) is 3.54. The van der Waals surface area contributed by atoms with Crippen LogP contribution in [0, 0.1) is 0 Å². The molecule has 0 bridgehead atoms. The van der Waals surface area contributed by atoms with Crippen molar-refractivity contribution >= 4 is 0 Å². The topological polar surface area (TPSA) is 46.5 Å². The number of rotatable bonds is 3. The maximum atomic E-state index is 4.42. The molecule has 84 valence electrons. The van der Waals surface area contributed by atoms with E-state index in [0.29, 0.717) is 12.0 Å². The molecule has 0 spiro atoms. The van der Waals surface area contributed by atoms with E-state index in [-0.39, 0.29) is 0 Å². The zero-order chi connectivity index (χ0) is 11.0. The van der Waals surface area contributed by atoms with Gasteiger partial charge in [-0.2, -0.15) is 10.2 Å². The molecule has 0 aliphatic heterocycles. The van der Waals surface area contributed by atoms with Gasteiger partial charge in [-0.3, -0.25) is 9.78 Å². The molecular weight excluding hydrogens is 200 g/mol. The second-order valence-corrected chi connectivity index (χ2v) is 4.54. The molecule has 0 aromatic carbocycles. The first kappa shape index (κ1) is 9.63. The standard InChI is InChI=1S/C12H16N4/c1-2-9-5-15-16(8-9)12-3-10(4-12)11-6-13-14-7-11/h5-8,10,12H,2-4H2,1H3,(H,13,14). The Morgan fingerprint density at radius 3 is 2.94 bits per heavy atom. The molecule has 1 aliphatic rings. The molecule has 0 radical (unpaired) electrons. The maximum Gasteiger partial charge on any atom is 0.0531 e. The van der Waals surface area contributed by atoms with Gasteiger partial charge in [0.15, 0.2) is 0 Å². The lowest BCUT2D eigenvalue weighted by Crippen LogP contribution is -2.25. The molecule has 1 fully saturated rings. The Kier molecular flexibility index (Phi) is 2.27. The number of hydrogen-bond donors (Lipinski definition) is 1. The Morgan fingerprint density at radius 2 is 2.31 bits per heavy atom. The van der Waals surface area contributed by atoms with Crippen molar-refractivity contribution in [3.63, 3.8) is 0 Å². The average Bonchev–Trinajstić information content (AvgIpc) is 2.85. The number of hydrogen-bond acceptors (Lipinski definition) is 2. The average molecular weight is 216 g/mol. The summed E-state index contributed by atoms with van der Waals surface area (Å²) in [6.45, 7) is 2.16. The van der Waals surface area contributed by atoms with Crippen molar-refractivity contribution in [1.82, 2.24) is 20.0 Å². The molecule has 1 N–H and O–H groups in total. The van der Waals surface area contributed by atoms with Crippen molar-refractivity contribution in [3.05, 3.63) is 35.9 Å². The van der Waals surface area contributed by atoms with Crippen LogP contribution in [-0.4, -0.2) is 20.0 Å². The van der Waals surface area contributed by atoms with Gasteiger partial charge in [0.25, 0.3) is 0 Å². The number of H-pyrrole nitrogens is 1. The quantitative estimate of drug-likeness (QED) is 0.855. The van der Waals surface area contributed by atoms with Crippen LogP contribution in [0.1, 0.15) is 42.9 Å². The van der Waals surface area contributed by atoms with Crippen LogP contribution in [0.2, 0.25) is 0 Å². The molecule has 3 rings (SSSR count). The summed E-state index contributed by atoms with van der Waals surface area (Å²) in [5.74, 6) is 0.665. The smallest absolute Gasteiger partial charge is 0.0531 e. The van der Waals surface area contributed by atoms with Gasteiger partial charge >= 0.3 is 0 Å². The summed E-state index contributed by atoms with van der Waals surface area (Å²) in [7, 11) is 0. The number of aromatic amines is 1. The predicted molar refractivity (Wildman–Crippen MR) is 61.2 cm³/mol. The normalized spacial score (nSPS) is 24.3. The maximum absolute atomic E-state index is 4.42. The van der Waals surface area contributed by atoms with Gasteiger partial charge in [0.1, 0.15) is 0 Å². The molecule has 1 aliphatic carbocycles. The van der Waals surface area contributed by atoms with E-state index in [1.165, 1.54) is 24.0 Å². The SMILES string of the molecule is CCc1cnn(C2CC(c3cn[nH]c3)C2)c1. The van der Waals surface area contributed by atoms with Crippen molar-refractivity contribution in [2.24, 2.45) is 0 Å². The Morgan fingerprint density at radius 1 is 1.44 bits per heavy atom. The summed E-state index contributed by atoms with van der Waals surface area (Å²) >= 11 is 0. The highest BCUT2D eigenvalue weighted by atomic mass is 15.3. The zero-order valence-corrected chi connectivity index (χ0v) is 9.43. The van der Waals surface area contributed by atoms with Crippen LogP contribution in [0.4, 0.5) is 0 Å². The summed E-state index contributed by atoms with van der Waals surface area (Å²) < 4.78 is 2.12. The van der Waals surface area contributed by atoms with E-state index in [1.807, 2.05) is 18.6 Å². The van der Waals surface area contributed by atoms with E-state index in [1.54, 1.807) is 0 Å². The van der Waals surface area contributed by atoms with Crippen LogP contribution in [0.15, 0.2) is 24.8 Å². The van der Waals surface area contributed by atoms with Crippen molar-refractivity contribution in [1.29, 1.82) is 0 Å². The lowest BCUT2D eigenvalue weighted by Gasteiger charge is -2.34. The van der Waals surface area contributed by atoms with Gasteiger partial charge < -0.3 is 0 Å². The largest absolute Gasteiger partial charge is 0.285 e. The van der Waals surface area contributed by atoms with Crippen molar-refractivity contribution in [2.45, 2.75) is 38.1 Å². The van der Waals surface area contributed by atoms with E-state index in [0.717, 1.165) is 6.42 Å². The predicted octanol–water partition coefficient (Wildman–Crippen LogP) is 2.29. The zero-order valence-electron chi connectivity index (χ0n) is 9.43. The molecule has 2 aromatic heterocycles. The Hall–Kier alpha value is -1.58. The number of aryl methyl sites for hydroxylation is 1. The minimum absolute atomic E-state index is 0.584. The van der Waals surface area contributed by atoms with Gasteiger partial charge in [0.2, 0.25) is 0 Å². The molecule has 16 heavy (non-hydrogen) atoms. The molecule has 0 atom stereocenters. The number of aromatic nitrogens is 4. The highest BCUT2D eigenvalue weighted by Crippen LogP contribution is 2.43. The van der Waals surface area contributed by atoms with Crippen LogP contribution in [-0.2, 0) is 6.42 Å². The van der Waals surface area contributed by atoms with E-state index >= 15 is 0 Å². The van der Waals surface area contributed by atoms with Gasteiger partial charge in [-0.25, -0.2) is 0 Å². The van der Waals surface area contributed by atoms with Crippen LogP contribution in [0.3, 0.4) is 0 Å². The van der Waals surface area contributed by atoms with Crippen molar-refractivity contribution in [3.8, 4) is 0 Å². The first-order valence-corrected chi connectivity index (χ1v) is 5.88. The van der Waals surface area contributed by atoms with Crippen molar-refractivity contribution < 1.29 is 0 Å². The van der Waals surface area contributed by atoms with E-state index < -0.39 is 0 Å². The first-order valence-electron chi connectivity index (χ1n) is 5.88. The Labute approximate surface area is 94.7 Å². The van der Waals surface area contributed by atoms with Crippen LogP contribution >= 0.6 is 0 Å². The summed E-state index contributed by atoms with van der Waals surface area (Å²) in [6, 6.07) is 0.584. The second kappa shape index (κ2) is 3.77. The fourth-order valence-corrected chi connectivity index (χ4v) is 2.32. The molecule has 2 aromatic rings. The van der Waals surface area contributed by atoms with Gasteiger partial charge in [-0.05, 0) is 36.3 Å². The summed E-state index contributed by atoms with van der Waals surface area (Å²) in [5.41, 5.74) is 2.66. The molecular formula is C12H16N4. The first-order chi connectivity index (χ1) is 7.86. The molecule has 0 amide bonds. The molecule has 2 heterocycles. The van der Waals surface area contributed by atoms with Gasteiger partial charge in [-0.15, -0.1) is 0 Å². The van der Waals surface area contributed by atoms with Gasteiger partial charge in [-0.1, -0.05) is 6.92 Å². The van der Waals surface area contributed by atoms with Crippen LogP contribution < -0.4 is 0 Å². The van der Waals surface area contributed by atoms with Gasteiger partial charge in [0.05, 0.1) is 18.4 Å². The minimum atomic E-state index is 0.584. The lowest BCUT2D eigenvalue weighted by molar-refractivity contribution is 0.245. The molecule has 4 heteroatoms. The second-order valence-electron chi connectivity index (χ2n) is 4.54. The molecule has 1 saturated carbocycles. The third kappa shape index (κ3) is 1.54. The summed E-state index contributed by atoms with van der Waals surface area (Å²) in [4.78, 5) is 0. The number of nitrogens with zero attached hydrogens (tertiary/aromatic N) is 3.